The Hall–Kier alpha value is -3.22. The third kappa shape index (κ3) is 5.07. The summed E-state index contributed by atoms with van der Waals surface area (Å²) < 4.78 is 16.7. The summed E-state index contributed by atoms with van der Waals surface area (Å²) in [5, 5.41) is 0.670. The van der Waals surface area contributed by atoms with Crippen molar-refractivity contribution in [2.24, 2.45) is 0 Å². The van der Waals surface area contributed by atoms with E-state index >= 15 is 0 Å². The Kier molecular flexibility index (Phi) is 6.37. The van der Waals surface area contributed by atoms with Gasteiger partial charge in [-0.05, 0) is 42.0 Å². The van der Waals surface area contributed by atoms with Crippen LogP contribution in [0.15, 0.2) is 66.7 Å². The number of ether oxygens (including phenoxy) is 3. The Bertz CT molecular complexity index is 1140. The lowest BCUT2D eigenvalue weighted by Gasteiger charge is -2.34. The van der Waals surface area contributed by atoms with Gasteiger partial charge in [0.15, 0.2) is 11.5 Å². The number of halogens is 1. The van der Waals surface area contributed by atoms with Crippen molar-refractivity contribution < 1.29 is 19.0 Å². The first-order chi connectivity index (χ1) is 16.2. The molecule has 7 heteroatoms. The van der Waals surface area contributed by atoms with Crippen LogP contribution in [-0.2, 0) is 13.2 Å². The fraction of sp³-hybridized carbons (Fsp3) is 0.269. The van der Waals surface area contributed by atoms with E-state index in [-0.39, 0.29) is 12.7 Å². The zero-order valence-corrected chi connectivity index (χ0v) is 19.0. The van der Waals surface area contributed by atoms with Crippen LogP contribution in [0.5, 0.6) is 17.2 Å². The molecule has 0 N–H and O–H groups in total. The maximum atomic E-state index is 13.1. The van der Waals surface area contributed by atoms with E-state index in [9.17, 15) is 4.79 Å². The summed E-state index contributed by atoms with van der Waals surface area (Å²) in [5.41, 5.74) is 2.73. The van der Waals surface area contributed by atoms with Crippen LogP contribution < -0.4 is 14.2 Å². The monoisotopic (exact) mass is 464 g/mol. The van der Waals surface area contributed by atoms with Crippen molar-refractivity contribution >= 4 is 17.5 Å². The first-order valence-corrected chi connectivity index (χ1v) is 11.4. The van der Waals surface area contributed by atoms with Crippen molar-refractivity contribution in [1.29, 1.82) is 0 Å². The van der Waals surface area contributed by atoms with Crippen LogP contribution in [0.3, 0.4) is 0 Å². The molecule has 0 aliphatic carbocycles. The van der Waals surface area contributed by atoms with E-state index in [1.165, 1.54) is 5.56 Å². The molecule has 170 valence electrons. The minimum Gasteiger partial charge on any atom is -0.489 e. The second kappa shape index (κ2) is 9.73. The van der Waals surface area contributed by atoms with Gasteiger partial charge in [0.2, 0.25) is 6.79 Å². The van der Waals surface area contributed by atoms with Crippen LogP contribution in [0.25, 0.3) is 0 Å². The fourth-order valence-corrected chi connectivity index (χ4v) is 4.27. The summed E-state index contributed by atoms with van der Waals surface area (Å²) in [5.74, 6) is 2.29. The number of hydrogen-bond donors (Lipinski definition) is 0. The van der Waals surface area contributed by atoms with Gasteiger partial charge in [0, 0.05) is 48.9 Å². The Balaban J connectivity index is 1.15. The van der Waals surface area contributed by atoms with E-state index in [1.807, 2.05) is 59.5 Å². The number of benzene rings is 3. The van der Waals surface area contributed by atoms with Gasteiger partial charge in [-0.25, -0.2) is 0 Å². The minimum absolute atomic E-state index is 0.0286. The Morgan fingerprint density at radius 1 is 0.909 bits per heavy atom. The number of nitrogens with zero attached hydrogens (tertiary/aromatic N) is 2. The summed E-state index contributed by atoms with van der Waals surface area (Å²) in [6.07, 6.45) is 0. The van der Waals surface area contributed by atoms with Crippen molar-refractivity contribution in [2.75, 3.05) is 33.0 Å². The highest BCUT2D eigenvalue weighted by atomic mass is 35.5. The molecule has 6 nitrogen and oxygen atoms in total. The van der Waals surface area contributed by atoms with Gasteiger partial charge in [-0.2, -0.15) is 0 Å². The lowest BCUT2D eigenvalue weighted by Crippen LogP contribution is -2.48. The van der Waals surface area contributed by atoms with Crippen LogP contribution in [0.4, 0.5) is 0 Å². The number of piperazine rings is 1. The van der Waals surface area contributed by atoms with E-state index in [0.717, 1.165) is 36.7 Å². The first kappa shape index (κ1) is 21.6. The average molecular weight is 465 g/mol. The molecule has 2 heterocycles. The van der Waals surface area contributed by atoms with Gasteiger partial charge in [0.1, 0.15) is 12.4 Å². The third-order valence-electron chi connectivity index (χ3n) is 5.94. The summed E-state index contributed by atoms with van der Waals surface area (Å²) in [6.45, 7) is 4.49. The lowest BCUT2D eigenvalue weighted by molar-refractivity contribution is 0.0628. The van der Waals surface area contributed by atoms with E-state index in [2.05, 4.69) is 11.0 Å². The molecule has 3 aromatic carbocycles. The quantitative estimate of drug-likeness (QED) is 0.533. The molecule has 3 aromatic rings. The van der Waals surface area contributed by atoms with Crippen molar-refractivity contribution in [3.05, 3.63) is 88.4 Å². The van der Waals surface area contributed by atoms with Crippen LogP contribution in [0, 0.1) is 0 Å². The smallest absolute Gasteiger partial charge is 0.254 e. The molecule has 5 rings (SSSR count). The molecule has 0 radical (unpaired) electrons. The maximum Gasteiger partial charge on any atom is 0.254 e. The number of carbonyl (C=O) groups is 1. The van der Waals surface area contributed by atoms with Crippen LogP contribution in [0.1, 0.15) is 21.5 Å². The number of rotatable bonds is 6. The third-order valence-corrected chi connectivity index (χ3v) is 6.30. The molecule has 2 aliphatic rings. The zero-order chi connectivity index (χ0) is 22.6. The first-order valence-electron chi connectivity index (χ1n) is 11.0. The van der Waals surface area contributed by atoms with E-state index in [4.69, 9.17) is 25.8 Å². The summed E-state index contributed by atoms with van der Waals surface area (Å²) in [6, 6.07) is 21.0. The van der Waals surface area contributed by atoms with Gasteiger partial charge in [0.25, 0.3) is 5.91 Å². The predicted molar refractivity (Wildman–Crippen MR) is 126 cm³/mol. The summed E-state index contributed by atoms with van der Waals surface area (Å²) in [7, 11) is 0. The molecule has 0 saturated carbocycles. The van der Waals surface area contributed by atoms with Crippen molar-refractivity contribution in [3.63, 3.8) is 0 Å². The van der Waals surface area contributed by atoms with Gasteiger partial charge in [-0.1, -0.05) is 41.9 Å². The standard InChI is InChI=1S/C26H25ClN2O4/c27-23-7-2-1-4-21(23)17-31-22-6-3-5-20(15-22)26(30)29-12-10-28(11-13-29)16-19-8-9-24-25(14-19)33-18-32-24/h1-9,14-15H,10-13,16-18H2. The molecule has 1 saturated heterocycles. The predicted octanol–water partition coefficient (Wildman–Crippen LogP) is 4.61. The highest BCUT2D eigenvalue weighted by molar-refractivity contribution is 6.31. The van der Waals surface area contributed by atoms with Crippen LogP contribution in [0.2, 0.25) is 5.02 Å². The van der Waals surface area contributed by atoms with Crippen LogP contribution >= 0.6 is 11.6 Å². The van der Waals surface area contributed by atoms with Gasteiger partial charge in [-0.3, -0.25) is 9.69 Å². The summed E-state index contributed by atoms with van der Waals surface area (Å²) >= 11 is 6.20. The molecule has 2 aliphatic heterocycles. The van der Waals surface area contributed by atoms with Gasteiger partial charge < -0.3 is 19.1 Å². The fourth-order valence-electron chi connectivity index (χ4n) is 4.08. The average Bonchev–Trinajstić information content (AvgIpc) is 3.32. The Morgan fingerprint density at radius 2 is 1.73 bits per heavy atom. The topological polar surface area (TPSA) is 51.2 Å². The van der Waals surface area contributed by atoms with Gasteiger partial charge in [0.05, 0.1) is 0 Å². The number of hydrogen-bond acceptors (Lipinski definition) is 5. The SMILES string of the molecule is O=C(c1cccc(OCc2ccccc2Cl)c1)N1CCN(Cc2ccc3c(c2)OCO3)CC1. The van der Waals surface area contributed by atoms with Gasteiger partial charge in [-0.15, -0.1) is 0 Å². The second-order valence-corrected chi connectivity index (χ2v) is 8.57. The molecule has 0 spiro atoms. The molecular weight excluding hydrogens is 440 g/mol. The molecule has 0 unspecified atom stereocenters. The Morgan fingerprint density at radius 3 is 2.58 bits per heavy atom. The summed E-state index contributed by atoms with van der Waals surface area (Å²) in [4.78, 5) is 17.3. The van der Waals surface area contributed by atoms with E-state index in [1.54, 1.807) is 6.07 Å². The molecular formula is C26H25ClN2O4. The second-order valence-electron chi connectivity index (χ2n) is 8.16. The van der Waals surface area contributed by atoms with Crippen molar-refractivity contribution in [2.45, 2.75) is 13.2 Å². The Labute approximate surface area is 198 Å². The molecule has 0 bridgehead atoms. The molecule has 0 atom stereocenters. The van der Waals surface area contributed by atoms with Crippen LogP contribution in [-0.4, -0.2) is 48.7 Å². The maximum absolute atomic E-state index is 13.1. The van der Waals surface area contributed by atoms with E-state index in [0.29, 0.717) is 36.0 Å². The highest BCUT2D eigenvalue weighted by Gasteiger charge is 2.23. The zero-order valence-electron chi connectivity index (χ0n) is 18.2. The van der Waals surface area contributed by atoms with Gasteiger partial charge >= 0.3 is 0 Å². The molecule has 33 heavy (non-hydrogen) atoms. The number of carbonyl (C=O) groups excluding carboxylic acids is 1. The van der Waals surface area contributed by atoms with Crippen molar-refractivity contribution in [1.82, 2.24) is 9.80 Å². The molecule has 1 fully saturated rings. The minimum atomic E-state index is 0.0286. The van der Waals surface area contributed by atoms with E-state index < -0.39 is 0 Å². The lowest BCUT2D eigenvalue weighted by atomic mass is 10.1. The largest absolute Gasteiger partial charge is 0.489 e. The van der Waals surface area contributed by atoms with Crippen molar-refractivity contribution in [3.8, 4) is 17.2 Å². The number of fused-ring (bicyclic) bond motifs is 1. The number of amides is 1. The molecule has 0 aromatic heterocycles. The normalized spacial score (nSPS) is 15.5. The highest BCUT2D eigenvalue weighted by Crippen LogP contribution is 2.33. The molecule has 1 amide bonds.